The second kappa shape index (κ2) is 7.71. The summed E-state index contributed by atoms with van der Waals surface area (Å²) in [5.41, 5.74) is 0.804. The SMILES string of the molecule is Fc1cccc(F)c1CSc1nnc(-c2cccnc2)n1Cc1ccco1. The first-order chi connectivity index (χ1) is 13.2. The van der Waals surface area contributed by atoms with Gasteiger partial charge in [-0.15, -0.1) is 10.2 Å². The van der Waals surface area contributed by atoms with Gasteiger partial charge in [-0.25, -0.2) is 8.78 Å². The lowest BCUT2D eigenvalue weighted by atomic mass is 10.2. The Morgan fingerprint density at radius 3 is 2.56 bits per heavy atom. The number of rotatable bonds is 6. The van der Waals surface area contributed by atoms with E-state index in [9.17, 15) is 8.78 Å². The number of aromatic nitrogens is 4. The van der Waals surface area contributed by atoms with Gasteiger partial charge < -0.3 is 4.42 Å². The van der Waals surface area contributed by atoms with Crippen molar-refractivity contribution in [1.29, 1.82) is 0 Å². The third-order valence-corrected chi connectivity index (χ3v) is 4.93. The van der Waals surface area contributed by atoms with Gasteiger partial charge in [-0.2, -0.15) is 0 Å². The molecule has 1 aromatic carbocycles. The monoisotopic (exact) mass is 384 g/mol. The van der Waals surface area contributed by atoms with Crippen LogP contribution >= 0.6 is 11.8 Å². The van der Waals surface area contributed by atoms with Crippen molar-refractivity contribution in [2.75, 3.05) is 0 Å². The Morgan fingerprint density at radius 2 is 1.85 bits per heavy atom. The molecule has 4 rings (SSSR count). The van der Waals surface area contributed by atoms with Gasteiger partial charge in [0.05, 0.1) is 12.8 Å². The molecule has 4 aromatic rings. The highest BCUT2D eigenvalue weighted by Crippen LogP contribution is 2.28. The first-order valence-corrected chi connectivity index (χ1v) is 9.12. The summed E-state index contributed by atoms with van der Waals surface area (Å²) in [6, 6.07) is 11.2. The minimum absolute atomic E-state index is 0.0120. The Kier molecular flexibility index (Phi) is 4.97. The summed E-state index contributed by atoms with van der Waals surface area (Å²) in [6.45, 7) is 0.395. The summed E-state index contributed by atoms with van der Waals surface area (Å²) in [5.74, 6) is 0.274. The zero-order valence-corrected chi connectivity index (χ0v) is 14.9. The summed E-state index contributed by atoms with van der Waals surface area (Å²) in [6.07, 6.45) is 4.95. The van der Waals surface area contributed by atoms with Gasteiger partial charge in [0.15, 0.2) is 11.0 Å². The maximum absolute atomic E-state index is 13.9. The highest BCUT2D eigenvalue weighted by molar-refractivity contribution is 7.98. The van der Waals surface area contributed by atoms with E-state index in [1.807, 2.05) is 22.8 Å². The van der Waals surface area contributed by atoms with E-state index in [-0.39, 0.29) is 11.3 Å². The Morgan fingerprint density at radius 1 is 1.00 bits per heavy atom. The van der Waals surface area contributed by atoms with Crippen LogP contribution in [-0.2, 0) is 12.3 Å². The van der Waals surface area contributed by atoms with Crippen molar-refractivity contribution >= 4 is 11.8 Å². The molecule has 3 heterocycles. The summed E-state index contributed by atoms with van der Waals surface area (Å²) in [7, 11) is 0. The quantitative estimate of drug-likeness (QED) is 0.457. The Labute approximate surface area is 158 Å². The minimum atomic E-state index is -0.577. The van der Waals surface area contributed by atoms with Crippen LogP contribution in [0.2, 0.25) is 0 Å². The fraction of sp³-hybridized carbons (Fsp3) is 0.105. The molecule has 0 saturated heterocycles. The van der Waals surface area contributed by atoms with Crippen LogP contribution in [0.4, 0.5) is 8.78 Å². The largest absolute Gasteiger partial charge is 0.467 e. The summed E-state index contributed by atoms with van der Waals surface area (Å²) >= 11 is 1.21. The molecule has 0 radical (unpaired) electrons. The molecule has 0 aliphatic heterocycles. The lowest BCUT2D eigenvalue weighted by Crippen LogP contribution is -2.04. The summed E-state index contributed by atoms with van der Waals surface area (Å²) < 4.78 is 35.1. The van der Waals surface area contributed by atoms with Crippen LogP contribution < -0.4 is 0 Å². The number of furan rings is 1. The van der Waals surface area contributed by atoms with Gasteiger partial charge in [0.25, 0.3) is 0 Å². The Hall–Kier alpha value is -3.00. The first kappa shape index (κ1) is 17.4. The van der Waals surface area contributed by atoms with E-state index < -0.39 is 11.6 Å². The van der Waals surface area contributed by atoms with Crippen molar-refractivity contribution in [2.45, 2.75) is 17.5 Å². The summed E-state index contributed by atoms with van der Waals surface area (Å²) in [5, 5.41) is 8.99. The molecule has 0 N–H and O–H groups in total. The van der Waals surface area contributed by atoms with Gasteiger partial charge in [0.1, 0.15) is 17.4 Å². The molecule has 0 aliphatic carbocycles. The molecule has 0 spiro atoms. The molecule has 0 unspecified atom stereocenters. The first-order valence-electron chi connectivity index (χ1n) is 8.14. The van der Waals surface area contributed by atoms with Gasteiger partial charge in [0, 0.05) is 29.3 Å². The number of nitrogens with zero attached hydrogens (tertiary/aromatic N) is 4. The van der Waals surface area contributed by atoms with Crippen molar-refractivity contribution < 1.29 is 13.2 Å². The molecule has 0 aliphatic rings. The van der Waals surface area contributed by atoms with Gasteiger partial charge in [-0.1, -0.05) is 17.8 Å². The topological polar surface area (TPSA) is 56.7 Å². The van der Waals surface area contributed by atoms with E-state index in [1.54, 1.807) is 24.7 Å². The average Bonchev–Trinajstić information content (AvgIpc) is 3.33. The molecular formula is C19H14F2N4OS. The van der Waals surface area contributed by atoms with Crippen LogP contribution in [0, 0.1) is 11.6 Å². The fourth-order valence-electron chi connectivity index (χ4n) is 2.61. The number of pyridine rings is 1. The van der Waals surface area contributed by atoms with Gasteiger partial charge in [-0.05, 0) is 36.4 Å². The molecule has 0 atom stereocenters. The lowest BCUT2D eigenvalue weighted by Gasteiger charge is -2.09. The molecule has 8 heteroatoms. The molecule has 136 valence electrons. The second-order valence-electron chi connectivity index (χ2n) is 5.70. The molecule has 0 fully saturated rings. The number of thioether (sulfide) groups is 1. The third kappa shape index (κ3) is 3.75. The Bertz CT molecular complexity index is 1020. The van der Waals surface area contributed by atoms with Gasteiger partial charge in [-0.3, -0.25) is 9.55 Å². The standard InChI is InChI=1S/C19H14F2N4OS/c20-16-6-1-7-17(21)15(16)12-27-19-24-23-18(13-4-2-8-22-10-13)25(19)11-14-5-3-9-26-14/h1-10H,11-12H2. The van der Waals surface area contributed by atoms with Crippen molar-refractivity contribution in [2.24, 2.45) is 0 Å². The number of benzene rings is 1. The van der Waals surface area contributed by atoms with Crippen molar-refractivity contribution in [3.63, 3.8) is 0 Å². The fourth-order valence-corrected chi connectivity index (χ4v) is 3.57. The van der Waals surface area contributed by atoms with E-state index in [4.69, 9.17) is 4.42 Å². The van der Waals surface area contributed by atoms with Crippen molar-refractivity contribution in [3.8, 4) is 11.4 Å². The molecule has 3 aromatic heterocycles. The molecule has 27 heavy (non-hydrogen) atoms. The minimum Gasteiger partial charge on any atom is -0.467 e. The second-order valence-corrected chi connectivity index (χ2v) is 6.64. The maximum Gasteiger partial charge on any atom is 0.192 e. The average molecular weight is 384 g/mol. The van der Waals surface area contributed by atoms with E-state index in [0.29, 0.717) is 17.5 Å². The predicted octanol–water partition coefficient (Wildman–Crippen LogP) is 4.55. The van der Waals surface area contributed by atoms with Crippen LogP contribution in [0.3, 0.4) is 0 Å². The van der Waals surface area contributed by atoms with Crippen molar-refractivity contribution in [1.82, 2.24) is 19.7 Å². The normalized spacial score (nSPS) is 11.0. The lowest BCUT2D eigenvalue weighted by molar-refractivity contribution is 0.485. The molecule has 5 nitrogen and oxygen atoms in total. The molecular weight excluding hydrogens is 370 g/mol. The number of hydrogen-bond donors (Lipinski definition) is 0. The summed E-state index contributed by atoms with van der Waals surface area (Å²) in [4.78, 5) is 4.11. The Balaban J connectivity index is 1.67. The van der Waals surface area contributed by atoms with E-state index in [1.165, 1.54) is 30.0 Å². The highest BCUT2D eigenvalue weighted by Gasteiger charge is 2.17. The maximum atomic E-state index is 13.9. The molecule has 0 amide bonds. The van der Waals surface area contributed by atoms with Crippen LogP contribution in [0.5, 0.6) is 0 Å². The number of halogens is 2. The number of hydrogen-bond acceptors (Lipinski definition) is 5. The van der Waals surface area contributed by atoms with Gasteiger partial charge >= 0.3 is 0 Å². The van der Waals surface area contributed by atoms with Crippen LogP contribution in [-0.4, -0.2) is 19.7 Å². The molecule has 0 bridgehead atoms. The zero-order chi connectivity index (χ0) is 18.6. The van der Waals surface area contributed by atoms with E-state index in [2.05, 4.69) is 15.2 Å². The third-order valence-electron chi connectivity index (χ3n) is 3.94. The van der Waals surface area contributed by atoms with Crippen LogP contribution in [0.25, 0.3) is 11.4 Å². The van der Waals surface area contributed by atoms with Crippen LogP contribution in [0.1, 0.15) is 11.3 Å². The van der Waals surface area contributed by atoms with E-state index in [0.717, 1.165) is 11.3 Å². The zero-order valence-electron chi connectivity index (χ0n) is 14.0. The van der Waals surface area contributed by atoms with Gasteiger partial charge in [0.2, 0.25) is 0 Å². The van der Waals surface area contributed by atoms with Crippen LogP contribution in [0.15, 0.2) is 70.7 Å². The highest BCUT2D eigenvalue weighted by atomic mass is 32.2. The molecule has 0 saturated carbocycles. The smallest absolute Gasteiger partial charge is 0.192 e. The van der Waals surface area contributed by atoms with Crippen molar-refractivity contribution in [3.05, 3.63) is 84.1 Å². The predicted molar refractivity (Wildman–Crippen MR) is 97.0 cm³/mol. The van der Waals surface area contributed by atoms with E-state index >= 15 is 0 Å².